The van der Waals surface area contributed by atoms with Gasteiger partial charge in [-0.1, -0.05) is 66.2 Å². The van der Waals surface area contributed by atoms with Crippen molar-refractivity contribution in [3.05, 3.63) is 107 Å². The molecule has 5 rings (SSSR count). The monoisotopic (exact) mass is 487 g/mol. The molecule has 0 fully saturated rings. The lowest BCUT2D eigenvalue weighted by atomic mass is 9.96. The molecule has 1 aliphatic rings. The second-order valence-electron chi connectivity index (χ2n) is 8.96. The first-order valence-corrected chi connectivity index (χ1v) is 14.2. The molecule has 0 amide bonds. The Morgan fingerprint density at radius 2 is 1.74 bits per heavy atom. The summed E-state index contributed by atoms with van der Waals surface area (Å²) in [6.45, 7) is 4.51. The van der Waals surface area contributed by atoms with Gasteiger partial charge >= 0.3 is 0 Å². The molecule has 1 aromatic heterocycles. The summed E-state index contributed by atoms with van der Waals surface area (Å²) in [5, 5.41) is 2.93. The summed E-state index contributed by atoms with van der Waals surface area (Å²) in [5.41, 5.74) is 4.65. The molecule has 0 bridgehead atoms. The fraction of sp³-hybridized carbons (Fsp3) is 0.241. The number of fused-ring (bicyclic) bond motifs is 1. The van der Waals surface area contributed by atoms with Gasteiger partial charge in [0.2, 0.25) is 0 Å². The Labute approximate surface area is 206 Å². The Morgan fingerprint density at radius 1 is 0.941 bits per heavy atom. The van der Waals surface area contributed by atoms with Crippen molar-refractivity contribution in [3.8, 4) is 0 Å². The first kappa shape index (κ1) is 23.0. The van der Waals surface area contributed by atoms with E-state index in [-0.39, 0.29) is 0 Å². The third-order valence-corrected chi connectivity index (χ3v) is 9.81. The zero-order chi connectivity index (χ0) is 23.5. The molecule has 0 N–H and O–H groups in total. The van der Waals surface area contributed by atoms with Crippen molar-refractivity contribution >= 4 is 36.8 Å². The Balaban J connectivity index is 1.33. The van der Waals surface area contributed by atoms with Gasteiger partial charge in [0.25, 0.3) is 0 Å². The normalized spacial score (nSPS) is 15.9. The number of sulfone groups is 1. The van der Waals surface area contributed by atoms with Gasteiger partial charge < -0.3 is 0 Å². The zero-order valence-corrected chi connectivity index (χ0v) is 21.0. The average Bonchev–Trinajstić information content (AvgIpc) is 3.35. The lowest BCUT2D eigenvalue weighted by Gasteiger charge is -2.28. The van der Waals surface area contributed by atoms with Crippen LogP contribution in [0.1, 0.15) is 34.8 Å². The Bertz CT molecular complexity index is 1400. The smallest absolute Gasteiger partial charge is 0.185 e. The van der Waals surface area contributed by atoms with E-state index >= 15 is 0 Å². The summed E-state index contributed by atoms with van der Waals surface area (Å²) >= 11 is 1.78. The molecule has 5 heteroatoms. The maximum Gasteiger partial charge on any atom is 0.185 e. The van der Waals surface area contributed by atoms with Crippen molar-refractivity contribution in [2.75, 3.05) is 19.6 Å². The standard InChI is InChI=1S/C29H29NO2S2/c1-22-10-12-25(13-11-22)34(31,32)29(24-6-3-2-4-7-24)16-20-30-18-14-23(15-19-30)26-8-5-9-28-27(26)17-21-33-28/h2-14,17,21,29H,15-16,18-20H2,1H3. The van der Waals surface area contributed by atoms with E-state index in [1.165, 1.54) is 21.2 Å². The molecule has 0 aliphatic carbocycles. The molecule has 2 heterocycles. The molecule has 3 nitrogen and oxygen atoms in total. The van der Waals surface area contributed by atoms with E-state index in [0.29, 0.717) is 11.3 Å². The summed E-state index contributed by atoms with van der Waals surface area (Å²) < 4.78 is 28.6. The zero-order valence-electron chi connectivity index (χ0n) is 19.4. The molecular formula is C29H29NO2S2. The van der Waals surface area contributed by atoms with Gasteiger partial charge in [0.05, 0.1) is 10.1 Å². The van der Waals surface area contributed by atoms with Crippen molar-refractivity contribution < 1.29 is 8.42 Å². The van der Waals surface area contributed by atoms with Crippen LogP contribution in [0.3, 0.4) is 0 Å². The van der Waals surface area contributed by atoms with Crippen molar-refractivity contribution in [2.45, 2.75) is 29.9 Å². The van der Waals surface area contributed by atoms with E-state index in [4.69, 9.17) is 0 Å². The molecule has 4 aromatic rings. The molecule has 174 valence electrons. The van der Waals surface area contributed by atoms with Crippen LogP contribution in [-0.2, 0) is 9.84 Å². The van der Waals surface area contributed by atoms with Crippen LogP contribution in [0.15, 0.2) is 95.2 Å². The fourth-order valence-corrected chi connectivity index (χ4v) is 7.38. The first-order chi connectivity index (χ1) is 16.5. The van der Waals surface area contributed by atoms with E-state index in [0.717, 1.165) is 37.2 Å². The molecule has 3 aromatic carbocycles. The number of thiophene rings is 1. The average molecular weight is 488 g/mol. The summed E-state index contributed by atoms with van der Waals surface area (Å²) in [7, 11) is -3.48. The number of hydrogen-bond acceptors (Lipinski definition) is 4. The maximum atomic E-state index is 13.6. The third-order valence-electron chi connectivity index (χ3n) is 6.74. The first-order valence-electron chi connectivity index (χ1n) is 11.8. The third kappa shape index (κ3) is 4.74. The second kappa shape index (κ2) is 9.87. The van der Waals surface area contributed by atoms with Gasteiger partial charge in [-0.05, 0) is 71.5 Å². The van der Waals surface area contributed by atoms with Crippen molar-refractivity contribution in [2.24, 2.45) is 0 Å². The van der Waals surface area contributed by atoms with E-state index in [9.17, 15) is 8.42 Å². The lowest BCUT2D eigenvalue weighted by Crippen LogP contribution is -2.31. The van der Waals surface area contributed by atoms with Gasteiger partial charge in [-0.3, -0.25) is 4.90 Å². The topological polar surface area (TPSA) is 37.4 Å². The van der Waals surface area contributed by atoms with Crippen molar-refractivity contribution in [1.82, 2.24) is 4.90 Å². The molecule has 0 saturated carbocycles. The van der Waals surface area contributed by atoms with Gasteiger partial charge in [0.1, 0.15) is 0 Å². The Morgan fingerprint density at radius 3 is 2.47 bits per heavy atom. The van der Waals surface area contributed by atoms with E-state index < -0.39 is 15.1 Å². The largest absolute Gasteiger partial charge is 0.299 e. The minimum Gasteiger partial charge on any atom is -0.299 e. The van der Waals surface area contributed by atoms with Gasteiger partial charge in [0, 0.05) is 24.3 Å². The number of hydrogen-bond donors (Lipinski definition) is 0. The van der Waals surface area contributed by atoms with Crippen LogP contribution in [0.5, 0.6) is 0 Å². The minimum atomic E-state index is -3.48. The Hall–Kier alpha value is -2.73. The summed E-state index contributed by atoms with van der Waals surface area (Å²) in [5.74, 6) is 0. The molecule has 1 unspecified atom stereocenters. The number of aryl methyl sites for hydroxylation is 1. The second-order valence-corrected chi connectivity index (χ2v) is 12.0. The van der Waals surface area contributed by atoms with E-state index in [1.807, 2.05) is 49.4 Å². The highest BCUT2D eigenvalue weighted by molar-refractivity contribution is 7.91. The Kier molecular flexibility index (Phi) is 6.68. The van der Waals surface area contributed by atoms with E-state index in [2.05, 4.69) is 40.6 Å². The predicted octanol–water partition coefficient (Wildman–Crippen LogP) is 6.90. The highest BCUT2D eigenvalue weighted by Crippen LogP contribution is 2.34. The predicted molar refractivity (Wildman–Crippen MR) is 143 cm³/mol. The quantitative estimate of drug-likeness (QED) is 0.284. The van der Waals surface area contributed by atoms with Crippen LogP contribution < -0.4 is 0 Å². The molecule has 0 saturated heterocycles. The van der Waals surface area contributed by atoms with Gasteiger partial charge in [0.15, 0.2) is 9.84 Å². The molecule has 1 atom stereocenters. The fourth-order valence-electron chi connectivity index (χ4n) is 4.79. The van der Waals surface area contributed by atoms with Crippen LogP contribution >= 0.6 is 11.3 Å². The highest BCUT2D eigenvalue weighted by Gasteiger charge is 2.29. The van der Waals surface area contributed by atoms with Crippen LogP contribution in [-0.4, -0.2) is 33.0 Å². The summed E-state index contributed by atoms with van der Waals surface area (Å²) in [4.78, 5) is 2.77. The van der Waals surface area contributed by atoms with Gasteiger partial charge in [-0.15, -0.1) is 11.3 Å². The van der Waals surface area contributed by atoms with Crippen LogP contribution in [0, 0.1) is 6.92 Å². The van der Waals surface area contributed by atoms with Crippen molar-refractivity contribution in [3.63, 3.8) is 0 Å². The number of benzene rings is 3. The van der Waals surface area contributed by atoms with Crippen LogP contribution in [0.25, 0.3) is 15.7 Å². The van der Waals surface area contributed by atoms with Gasteiger partial charge in [-0.25, -0.2) is 8.42 Å². The molecular weight excluding hydrogens is 458 g/mol. The molecule has 1 aliphatic heterocycles. The maximum absolute atomic E-state index is 13.6. The molecule has 34 heavy (non-hydrogen) atoms. The molecule has 0 radical (unpaired) electrons. The van der Waals surface area contributed by atoms with E-state index in [1.54, 1.807) is 23.5 Å². The summed E-state index contributed by atoms with van der Waals surface area (Å²) in [6.07, 6.45) is 3.88. The molecule has 0 spiro atoms. The highest BCUT2D eigenvalue weighted by atomic mass is 32.2. The minimum absolute atomic E-state index is 0.400. The number of rotatable bonds is 7. The number of nitrogens with zero attached hydrogens (tertiary/aromatic N) is 1. The lowest BCUT2D eigenvalue weighted by molar-refractivity contribution is 0.296. The van der Waals surface area contributed by atoms with Crippen molar-refractivity contribution in [1.29, 1.82) is 0 Å². The van der Waals surface area contributed by atoms with Crippen LogP contribution in [0.4, 0.5) is 0 Å². The van der Waals surface area contributed by atoms with Gasteiger partial charge in [-0.2, -0.15) is 0 Å². The SMILES string of the molecule is Cc1ccc(S(=O)(=O)C(CCN2CC=C(c3cccc4sccc34)CC2)c2ccccc2)cc1. The summed E-state index contributed by atoms with van der Waals surface area (Å²) in [6, 6.07) is 25.6. The van der Waals surface area contributed by atoms with Crippen LogP contribution in [0.2, 0.25) is 0 Å².